The Morgan fingerprint density at radius 1 is 1.38 bits per heavy atom. The zero-order valence-corrected chi connectivity index (χ0v) is 15.2. The van der Waals surface area contributed by atoms with Crippen LogP contribution < -0.4 is 5.73 Å². The van der Waals surface area contributed by atoms with Crippen molar-refractivity contribution in [3.8, 4) is 0 Å². The molecule has 4 nitrogen and oxygen atoms in total. The second-order valence-corrected chi connectivity index (χ2v) is 6.97. The number of nitrogens with two attached hydrogens (primary N) is 1. The van der Waals surface area contributed by atoms with Crippen molar-refractivity contribution >= 4 is 18.1 Å². The van der Waals surface area contributed by atoms with Crippen LogP contribution in [0.15, 0.2) is 12.3 Å². The Morgan fingerprint density at radius 2 is 1.96 bits per heavy atom. The second-order valence-electron chi connectivity index (χ2n) is 6.56. The van der Waals surface area contributed by atoms with Gasteiger partial charge in [-0.15, -0.1) is 0 Å². The van der Waals surface area contributed by atoms with Crippen molar-refractivity contribution in [2.24, 2.45) is 11.7 Å². The smallest absolute Gasteiger partial charge is 0.368 e. The third-order valence-electron chi connectivity index (χ3n) is 3.66. The molecule has 1 amide bonds. The molecule has 24 heavy (non-hydrogen) atoms. The fraction of sp³-hybridized carbons (Fsp3) is 0.625. The average molecular weight is 363 g/mol. The molecule has 0 bridgehead atoms. The van der Waals surface area contributed by atoms with E-state index < -0.39 is 23.7 Å². The lowest BCUT2D eigenvalue weighted by Crippen LogP contribution is -2.29. The molecule has 0 aliphatic rings. The second kappa shape index (κ2) is 8.11. The Morgan fingerprint density at radius 3 is 2.38 bits per heavy atom. The molecule has 0 aliphatic heterocycles. The molecule has 8 heteroatoms. The number of carbonyl (C=O) groups is 1. The van der Waals surface area contributed by atoms with E-state index in [0.29, 0.717) is 13.0 Å². The maximum atomic E-state index is 13.3. The summed E-state index contributed by atoms with van der Waals surface area (Å²) in [6.07, 6.45) is -2.53. The largest absolute Gasteiger partial charge is 0.416 e. The molecule has 1 unspecified atom stereocenters. The van der Waals surface area contributed by atoms with E-state index in [0.717, 1.165) is 6.07 Å². The molecule has 1 aromatic rings. The van der Waals surface area contributed by atoms with Crippen LogP contribution in [0.3, 0.4) is 0 Å². The van der Waals surface area contributed by atoms with Gasteiger partial charge in [0.25, 0.3) is 0 Å². The fourth-order valence-electron chi connectivity index (χ4n) is 2.46. The lowest BCUT2D eigenvalue weighted by atomic mass is 10.0. The molecule has 0 aliphatic carbocycles. The Labute approximate surface area is 145 Å². The van der Waals surface area contributed by atoms with Gasteiger partial charge in [-0.25, -0.2) is 0 Å². The third kappa shape index (κ3) is 5.59. The predicted octanol–water partition coefficient (Wildman–Crippen LogP) is 3.41. The van der Waals surface area contributed by atoms with E-state index in [1.165, 1.54) is 10.8 Å². The van der Waals surface area contributed by atoms with Gasteiger partial charge in [-0.05, 0) is 44.5 Å². The highest BCUT2D eigenvalue weighted by atomic mass is 32.1. The number of rotatable bonds is 7. The summed E-state index contributed by atoms with van der Waals surface area (Å²) in [6.45, 7) is 4.28. The number of amides is 1. The highest BCUT2D eigenvalue weighted by molar-refractivity contribution is 7.71. The van der Waals surface area contributed by atoms with Gasteiger partial charge in [0.15, 0.2) is 0 Å². The van der Waals surface area contributed by atoms with Crippen molar-refractivity contribution in [3.05, 3.63) is 28.0 Å². The number of pyridine rings is 1. The number of primary amides is 1. The molecule has 0 saturated carbocycles. The van der Waals surface area contributed by atoms with Crippen LogP contribution in [0.4, 0.5) is 13.2 Å². The lowest BCUT2D eigenvalue weighted by Gasteiger charge is -2.23. The minimum absolute atomic E-state index is 0.0413. The Bertz CT molecular complexity index is 638. The number of alkyl halides is 3. The van der Waals surface area contributed by atoms with E-state index in [9.17, 15) is 18.0 Å². The summed E-state index contributed by atoms with van der Waals surface area (Å²) < 4.78 is 41.2. The average Bonchev–Trinajstić information content (AvgIpc) is 2.41. The topological polar surface area (TPSA) is 51.3 Å². The fourth-order valence-corrected chi connectivity index (χ4v) is 2.75. The molecule has 0 fully saturated rings. The maximum Gasteiger partial charge on any atom is 0.416 e. The maximum absolute atomic E-state index is 13.3. The van der Waals surface area contributed by atoms with Crippen LogP contribution in [-0.2, 0) is 17.4 Å². The van der Waals surface area contributed by atoms with Gasteiger partial charge in [-0.2, -0.15) is 13.2 Å². The van der Waals surface area contributed by atoms with Gasteiger partial charge in [-0.3, -0.25) is 4.79 Å². The molecule has 2 N–H and O–H groups in total. The number of hydrogen-bond donors (Lipinski definition) is 1. The summed E-state index contributed by atoms with van der Waals surface area (Å²) in [4.78, 5) is 13.6. The van der Waals surface area contributed by atoms with Crippen LogP contribution >= 0.6 is 12.2 Å². The molecule has 136 valence electrons. The highest BCUT2D eigenvalue weighted by Crippen LogP contribution is 2.33. The van der Waals surface area contributed by atoms with Crippen molar-refractivity contribution < 1.29 is 18.0 Å². The van der Waals surface area contributed by atoms with Gasteiger partial charge >= 0.3 is 6.18 Å². The number of aromatic nitrogens is 1. The van der Waals surface area contributed by atoms with Crippen LogP contribution in [-0.4, -0.2) is 36.0 Å². The highest BCUT2D eigenvalue weighted by Gasteiger charge is 2.34. The normalized spacial score (nSPS) is 13.5. The Hall–Kier alpha value is -1.41. The first kappa shape index (κ1) is 20.6. The van der Waals surface area contributed by atoms with Gasteiger partial charge in [0.2, 0.25) is 5.91 Å². The van der Waals surface area contributed by atoms with Crippen LogP contribution in [0, 0.1) is 10.6 Å². The van der Waals surface area contributed by atoms with E-state index in [4.69, 9.17) is 18.0 Å². The SMILES string of the molecule is CC(C)CC(C(N)=O)n1cc(CCN(C)C)c(C(F)(F)F)cc1=S. The van der Waals surface area contributed by atoms with Crippen molar-refractivity contribution in [2.75, 3.05) is 20.6 Å². The standard InChI is InChI=1S/C16H24F3N3OS/c1-10(2)7-13(15(20)23)22-9-11(5-6-21(3)4)12(8-14(22)24)16(17,18)19/h8-10,13H,5-7H2,1-4H3,(H2,20,23). The van der Waals surface area contributed by atoms with Crippen LogP contribution in [0.2, 0.25) is 0 Å². The summed E-state index contributed by atoms with van der Waals surface area (Å²) in [5, 5.41) is 0. The minimum atomic E-state index is -4.49. The van der Waals surface area contributed by atoms with Crippen molar-refractivity contribution in [2.45, 2.75) is 38.9 Å². The summed E-state index contributed by atoms with van der Waals surface area (Å²) in [5.41, 5.74) is 4.80. The quantitative estimate of drug-likeness (QED) is 0.756. The molecule has 1 heterocycles. The van der Waals surface area contributed by atoms with Crippen LogP contribution in [0.5, 0.6) is 0 Å². The van der Waals surface area contributed by atoms with Gasteiger partial charge in [-0.1, -0.05) is 26.1 Å². The zero-order chi connectivity index (χ0) is 18.7. The Kier molecular flexibility index (Phi) is 6.97. The van der Waals surface area contributed by atoms with Gasteiger partial charge < -0.3 is 15.2 Å². The van der Waals surface area contributed by atoms with E-state index >= 15 is 0 Å². The number of hydrogen-bond acceptors (Lipinski definition) is 3. The number of likely N-dealkylation sites (N-methyl/N-ethyl adjacent to an activating group) is 1. The zero-order valence-electron chi connectivity index (χ0n) is 14.4. The summed E-state index contributed by atoms with van der Waals surface area (Å²) in [7, 11) is 3.57. The summed E-state index contributed by atoms with van der Waals surface area (Å²) in [5.74, 6) is -0.449. The first-order valence-corrected chi connectivity index (χ1v) is 8.10. The Balaban J connectivity index is 3.44. The molecule has 1 atom stereocenters. The molecule has 0 aromatic carbocycles. The van der Waals surface area contributed by atoms with Crippen LogP contribution in [0.25, 0.3) is 0 Å². The van der Waals surface area contributed by atoms with E-state index in [1.54, 1.807) is 19.0 Å². The molecule has 0 radical (unpaired) electrons. The summed E-state index contributed by atoms with van der Waals surface area (Å²) in [6, 6.07) is 0.175. The third-order valence-corrected chi connectivity index (χ3v) is 3.98. The molecule has 0 spiro atoms. The molecular formula is C16H24F3N3OS. The predicted molar refractivity (Wildman–Crippen MR) is 90.2 cm³/mol. The lowest BCUT2D eigenvalue weighted by molar-refractivity contribution is -0.138. The van der Waals surface area contributed by atoms with Crippen LogP contribution in [0.1, 0.15) is 37.4 Å². The van der Waals surface area contributed by atoms with Gasteiger partial charge in [0, 0.05) is 12.7 Å². The van der Waals surface area contributed by atoms with Crippen molar-refractivity contribution in [1.29, 1.82) is 0 Å². The number of halogens is 3. The summed E-state index contributed by atoms with van der Waals surface area (Å²) >= 11 is 5.10. The first-order valence-electron chi connectivity index (χ1n) is 7.69. The molecule has 1 aromatic heterocycles. The van der Waals surface area contributed by atoms with Gasteiger partial charge in [0.1, 0.15) is 10.7 Å². The minimum Gasteiger partial charge on any atom is -0.368 e. The van der Waals surface area contributed by atoms with Gasteiger partial charge in [0.05, 0.1) is 5.56 Å². The van der Waals surface area contributed by atoms with E-state index in [-0.39, 0.29) is 22.5 Å². The number of nitrogens with zero attached hydrogens (tertiary/aromatic N) is 2. The molecule has 0 saturated heterocycles. The molecule has 1 rings (SSSR count). The van der Waals surface area contributed by atoms with E-state index in [2.05, 4.69) is 0 Å². The van der Waals surface area contributed by atoms with E-state index in [1.807, 2.05) is 13.8 Å². The first-order chi connectivity index (χ1) is 10.9. The molecular weight excluding hydrogens is 339 g/mol. The monoisotopic (exact) mass is 363 g/mol. The number of carbonyl (C=O) groups excluding carboxylic acids is 1. The van der Waals surface area contributed by atoms with Crippen molar-refractivity contribution in [3.63, 3.8) is 0 Å². The van der Waals surface area contributed by atoms with Crippen molar-refractivity contribution in [1.82, 2.24) is 9.47 Å².